The van der Waals surface area contributed by atoms with Crippen LogP contribution in [-0.2, 0) is 27.5 Å². The fourth-order valence-corrected chi connectivity index (χ4v) is 4.79. The van der Waals surface area contributed by atoms with E-state index in [1.807, 2.05) is 20.1 Å². The number of amides is 4. The third kappa shape index (κ3) is 9.92. The number of carbonyl (C=O) groups is 4. The zero-order valence-corrected chi connectivity index (χ0v) is 25.3. The van der Waals surface area contributed by atoms with E-state index in [4.69, 9.17) is 16.3 Å². The van der Waals surface area contributed by atoms with Crippen molar-refractivity contribution in [2.45, 2.75) is 71.2 Å². The number of nitrogens with one attached hydrogen (secondary N) is 4. The standard InChI is InChI=1S/C27H38ClN7O5S/c1-16(2)12-22-26(38)29-14-19-15-35(34-33-19)9-5-10-40-23-13-18(28)6-7-20(23)25(37)31-21(8-11-41-4)27(39)30-17(3)24(36)32-22/h6-7,13,15-17,21-22H,5,8-12,14H2,1-4H3,(H,29,38)(H,30,39)(H,31,37)(H,32,36)/t17-,21+,22-/m1/s1. The molecule has 3 rings (SSSR count). The molecule has 0 spiro atoms. The number of carbonyl (C=O) groups excluding carboxylic acids is 4. The van der Waals surface area contributed by atoms with Gasteiger partial charge in [0.25, 0.3) is 5.91 Å². The summed E-state index contributed by atoms with van der Waals surface area (Å²) >= 11 is 7.70. The normalized spacial score (nSPS) is 21.5. The number of hydrogen-bond acceptors (Lipinski definition) is 8. The lowest BCUT2D eigenvalue weighted by Gasteiger charge is -2.24. The number of aromatic nitrogens is 3. The van der Waals surface area contributed by atoms with Crippen molar-refractivity contribution in [1.29, 1.82) is 0 Å². The average molecular weight is 608 g/mol. The highest BCUT2D eigenvalue weighted by atomic mass is 35.5. The summed E-state index contributed by atoms with van der Waals surface area (Å²) in [7, 11) is 0. The first kappa shape index (κ1) is 32.2. The third-order valence-electron chi connectivity index (χ3n) is 6.33. The van der Waals surface area contributed by atoms with E-state index in [1.165, 1.54) is 18.7 Å². The number of rotatable bonds is 5. The van der Waals surface area contributed by atoms with E-state index < -0.39 is 35.8 Å². The lowest BCUT2D eigenvalue weighted by Crippen LogP contribution is -2.56. The zero-order chi connectivity index (χ0) is 29.9. The van der Waals surface area contributed by atoms with Crippen molar-refractivity contribution in [2.75, 3.05) is 18.6 Å². The molecular weight excluding hydrogens is 570 g/mol. The predicted octanol–water partition coefficient (Wildman–Crippen LogP) is 1.92. The molecule has 0 aliphatic carbocycles. The molecule has 12 nitrogen and oxygen atoms in total. The topological polar surface area (TPSA) is 156 Å². The fraction of sp³-hybridized carbons (Fsp3) is 0.556. The van der Waals surface area contributed by atoms with Gasteiger partial charge in [0.05, 0.1) is 24.9 Å². The molecule has 4 N–H and O–H groups in total. The number of fused-ring (bicyclic) bond motifs is 3. The van der Waals surface area contributed by atoms with Crippen molar-refractivity contribution in [2.24, 2.45) is 5.92 Å². The molecule has 1 aliphatic rings. The Kier molecular flexibility index (Phi) is 12.3. The van der Waals surface area contributed by atoms with Gasteiger partial charge in [-0.15, -0.1) is 5.10 Å². The summed E-state index contributed by atoms with van der Waals surface area (Å²) in [6.45, 7) is 6.33. The molecule has 2 aromatic rings. The molecule has 4 amide bonds. The van der Waals surface area contributed by atoms with Gasteiger partial charge in [-0.1, -0.05) is 30.7 Å². The SMILES string of the molecule is CSCC[C@@H]1NC(=O)c2ccc(Cl)cc2OCCCn2cc(nn2)CNC(=O)[C@@H](CC(C)C)NC(=O)[C@@H](C)NC1=O. The Bertz CT molecular complexity index is 1220. The van der Waals surface area contributed by atoms with Crippen LogP contribution in [0.2, 0.25) is 5.02 Å². The molecule has 1 aromatic heterocycles. The molecule has 2 bridgehead atoms. The molecular formula is C27H38ClN7O5S. The lowest BCUT2D eigenvalue weighted by atomic mass is 10.0. The minimum Gasteiger partial charge on any atom is -0.493 e. The summed E-state index contributed by atoms with van der Waals surface area (Å²) < 4.78 is 7.54. The predicted molar refractivity (Wildman–Crippen MR) is 157 cm³/mol. The number of ether oxygens (including phenoxy) is 1. The van der Waals surface area contributed by atoms with Gasteiger partial charge in [0.1, 0.15) is 29.6 Å². The van der Waals surface area contributed by atoms with Gasteiger partial charge in [-0.25, -0.2) is 0 Å². The van der Waals surface area contributed by atoms with Crippen LogP contribution in [0.25, 0.3) is 0 Å². The van der Waals surface area contributed by atoms with Crippen LogP contribution in [0, 0.1) is 5.92 Å². The second kappa shape index (κ2) is 15.6. The molecule has 2 heterocycles. The number of nitrogens with zero attached hydrogens (tertiary/aromatic N) is 3. The maximum absolute atomic E-state index is 13.3. The molecule has 0 radical (unpaired) electrons. The number of halogens is 1. The summed E-state index contributed by atoms with van der Waals surface area (Å²) in [5.74, 6) is -0.877. The molecule has 3 atom stereocenters. The van der Waals surface area contributed by atoms with Gasteiger partial charge in [-0.3, -0.25) is 23.9 Å². The molecule has 0 saturated heterocycles. The van der Waals surface area contributed by atoms with E-state index in [0.29, 0.717) is 42.3 Å². The number of thioether (sulfide) groups is 1. The molecule has 0 saturated carbocycles. The maximum atomic E-state index is 13.3. The summed E-state index contributed by atoms with van der Waals surface area (Å²) in [5, 5.41) is 19.6. The van der Waals surface area contributed by atoms with Gasteiger partial charge in [0, 0.05) is 18.0 Å². The van der Waals surface area contributed by atoms with Crippen LogP contribution in [0.15, 0.2) is 24.4 Å². The second-order valence-electron chi connectivity index (χ2n) is 10.3. The van der Waals surface area contributed by atoms with Crippen molar-refractivity contribution in [3.8, 4) is 5.75 Å². The van der Waals surface area contributed by atoms with Crippen LogP contribution in [0.1, 0.15) is 56.1 Å². The quantitative estimate of drug-likeness (QED) is 0.402. The van der Waals surface area contributed by atoms with Crippen molar-refractivity contribution < 1.29 is 23.9 Å². The van der Waals surface area contributed by atoms with Crippen molar-refractivity contribution in [3.63, 3.8) is 0 Å². The van der Waals surface area contributed by atoms with Gasteiger partial charge >= 0.3 is 0 Å². The Morgan fingerprint density at radius 3 is 2.61 bits per heavy atom. The highest BCUT2D eigenvalue weighted by Gasteiger charge is 2.28. The second-order valence-corrected chi connectivity index (χ2v) is 11.7. The van der Waals surface area contributed by atoms with Gasteiger partial charge in [0.15, 0.2) is 0 Å². The molecule has 14 heteroatoms. The first-order chi connectivity index (χ1) is 19.6. The molecule has 224 valence electrons. The van der Waals surface area contributed by atoms with Crippen molar-refractivity contribution >= 4 is 47.0 Å². The highest BCUT2D eigenvalue weighted by Crippen LogP contribution is 2.24. The van der Waals surface area contributed by atoms with E-state index in [-0.39, 0.29) is 36.3 Å². The Morgan fingerprint density at radius 2 is 1.88 bits per heavy atom. The Morgan fingerprint density at radius 1 is 1.10 bits per heavy atom. The molecule has 1 aliphatic heterocycles. The van der Waals surface area contributed by atoms with Gasteiger partial charge in [0.2, 0.25) is 17.7 Å². The largest absolute Gasteiger partial charge is 0.493 e. The van der Waals surface area contributed by atoms with Crippen LogP contribution in [0.4, 0.5) is 0 Å². The van der Waals surface area contributed by atoms with Crippen molar-refractivity contribution in [3.05, 3.63) is 40.7 Å². The van der Waals surface area contributed by atoms with Crippen molar-refractivity contribution in [1.82, 2.24) is 36.3 Å². The molecule has 0 unspecified atom stereocenters. The monoisotopic (exact) mass is 607 g/mol. The zero-order valence-electron chi connectivity index (χ0n) is 23.7. The molecule has 41 heavy (non-hydrogen) atoms. The van der Waals surface area contributed by atoms with Crippen LogP contribution in [0.5, 0.6) is 5.75 Å². The smallest absolute Gasteiger partial charge is 0.255 e. The number of benzene rings is 1. The van der Waals surface area contributed by atoms with Crippen LogP contribution in [-0.4, -0.2) is 75.4 Å². The first-order valence-corrected chi connectivity index (χ1v) is 15.3. The summed E-state index contributed by atoms with van der Waals surface area (Å²) in [4.78, 5) is 52.6. The summed E-state index contributed by atoms with van der Waals surface area (Å²) in [5.41, 5.74) is 0.794. The van der Waals surface area contributed by atoms with E-state index in [9.17, 15) is 19.2 Å². The Labute approximate surface area is 249 Å². The molecule has 1 aromatic carbocycles. The minimum absolute atomic E-state index is 0.123. The van der Waals surface area contributed by atoms with E-state index in [1.54, 1.807) is 29.1 Å². The fourth-order valence-electron chi connectivity index (χ4n) is 4.16. The summed E-state index contributed by atoms with van der Waals surface area (Å²) in [6, 6.07) is 2.01. The Hall–Kier alpha value is -3.32. The van der Waals surface area contributed by atoms with E-state index in [0.717, 1.165) is 0 Å². The highest BCUT2D eigenvalue weighted by molar-refractivity contribution is 7.98. The van der Waals surface area contributed by atoms with Crippen LogP contribution >= 0.6 is 23.4 Å². The van der Waals surface area contributed by atoms with Crippen LogP contribution < -0.4 is 26.0 Å². The summed E-state index contributed by atoms with van der Waals surface area (Å²) in [6.07, 6.45) is 4.93. The van der Waals surface area contributed by atoms with E-state index >= 15 is 0 Å². The number of hydrogen-bond donors (Lipinski definition) is 4. The van der Waals surface area contributed by atoms with Gasteiger partial charge in [-0.2, -0.15) is 11.8 Å². The van der Waals surface area contributed by atoms with Gasteiger partial charge in [-0.05, 0) is 55.9 Å². The van der Waals surface area contributed by atoms with E-state index in [2.05, 4.69) is 31.6 Å². The van der Waals surface area contributed by atoms with Gasteiger partial charge < -0.3 is 26.0 Å². The number of aryl methyl sites for hydroxylation is 1. The lowest BCUT2D eigenvalue weighted by molar-refractivity contribution is -0.132. The maximum Gasteiger partial charge on any atom is 0.255 e. The minimum atomic E-state index is -0.956. The average Bonchev–Trinajstić information content (AvgIpc) is 3.38. The third-order valence-corrected chi connectivity index (χ3v) is 7.21. The first-order valence-electron chi connectivity index (χ1n) is 13.6. The molecule has 0 fully saturated rings. The Balaban J connectivity index is 1.87. The van der Waals surface area contributed by atoms with Crippen LogP contribution in [0.3, 0.4) is 0 Å².